The minimum absolute atomic E-state index is 0. The summed E-state index contributed by atoms with van der Waals surface area (Å²) < 4.78 is 71.3. The number of nitrogen functional groups attached to an aromatic ring is 1. The number of anilines is 1. The Morgan fingerprint density at radius 1 is 0.906 bits per heavy atom. The molecule has 0 aliphatic heterocycles. The quantitative estimate of drug-likeness (QED) is 0.158. The van der Waals surface area contributed by atoms with E-state index >= 15 is 0 Å². The van der Waals surface area contributed by atoms with Crippen LogP contribution in [0.25, 0.3) is 10.8 Å². The zero-order valence-corrected chi connectivity index (χ0v) is 21.4. The van der Waals surface area contributed by atoms with Gasteiger partial charge in [-0.3, -0.25) is 9.11 Å². The van der Waals surface area contributed by atoms with E-state index in [1.807, 2.05) is 0 Å². The molecule has 0 radical (unpaired) electrons. The maximum Gasteiger partial charge on any atom is 1.00 e. The molecule has 0 aliphatic carbocycles. The smallest absolute Gasteiger partial charge is 0.495 e. The van der Waals surface area contributed by atoms with Gasteiger partial charge in [0.05, 0.1) is 24.2 Å². The molecule has 0 spiro atoms. The van der Waals surface area contributed by atoms with Crippen LogP contribution in [0.3, 0.4) is 0 Å². The third kappa shape index (κ3) is 6.10. The molecular formula is C18H17LiN3NaO7S2+2. The van der Waals surface area contributed by atoms with Crippen LogP contribution in [0.5, 0.6) is 5.75 Å². The molecule has 3 aromatic rings. The molecule has 0 saturated heterocycles. The van der Waals surface area contributed by atoms with Gasteiger partial charge in [-0.05, 0) is 36.8 Å². The van der Waals surface area contributed by atoms with Crippen molar-refractivity contribution >= 4 is 48.1 Å². The molecule has 14 heteroatoms. The number of methoxy groups -OCH3 is 1. The van der Waals surface area contributed by atoms with Crippen LogP contribution in [0.1, 0.15) is 5.56 Å². The summed E-state index contributed by atoms with van der Waals surface area (Å²) in [5, 5.41) is 7.77. The third-order valence-electron chi connectivity index (χ3n) is 4.28. The van der Waals surface area contributed by atoms with Crippen molar-refractivity contribution in [1.82, 2.24) is 0 Å². The first kappa shape index (κ1) is 28.6. The minimum Gasteiger partial charge on any atom is -0.495 e. The average molecular weight is 481 g/mol. The number of azo groups is 1. The molecule has 0 aliphatic rings. The molecule has 158 valence electrons. The Labute approximate surface area is 219 Å². The summed E-state index contributed by atoms with van der Waals surface area (Å²) in [7, 11) is -7.98. The van der Waals surface area contributed by atoms with E-state index in [0.29, 0.717) is 22.7 Å². The van der Waals surface area contributed by atoms with Gasteiger partial charge in [0.2, 0.25) is 0 Å². The zero-order valence-electron chi connectivity index (χ0n) is 17.8. The second-order valence-electron chi connectivity index (χ2n) is 6.33. The Balaban J connectivity index is 0.00000256. The molecule has 0 fully saturated rings. The van der Waals surface area contributed by atoms with Crippen molar-refractivity contribution in [1.29, 1.82) is 0 Å². The summed E-state index contributed by atoms with van der Waals surface area (Å²) in [6.07, 6.45) is 0. The number of fused-ring (bicyclic) bond motifs is 1. The van der Waals surface area contributed by atoms with Gasteiger partial charge in [-0.2, -0.15) is 27.1 Å². The molecule has 3 aromatic carbocycles. The molecule has 0 saturated carbocycles. The Morgan fingerprint density at radius 2 is 1.53 bits per heavy atom. The Kier molecular flexibility index (Phi) is 9.50. The van der Waals surface area contributed by atoms with E-state index in [-0.39, 0.29) is 64.9 Å². The van der Waals surface area contributed by atoms with Gasteiger partial charge in [-0.15, -0.1) is 0 Å². The van der Waals surface area contributed by atoms with Crippen LogP contribution in [-0.4, -0.2) is 33.1 Å². The number of nitrogens with zero attached hydrogens (tertiary/aromatic N) is 2. The van der Waals surface area contributed by atoms with Crippen molar-refractivity contribution in [2.24, 2.45) is 10.2 Å². The zero-order chi connectivity index (χ0) is 22.3. The molecule has 3 rings (SSSR count). The summed E-state index contributed by atoms with van der Waals surface area (Å²) in [6, 6.07) is 9.06. The van der Waals surface area contributed by atoms with Gasteiger partial charge in [0.25, 0.3) is 20.2 Å². The maximum atomic E-state index is 11.9. The van der Waals surface area contributed by atoms with E-state index in [9.17, 15) is 25.9 Å². The summed E-state index contributed by atoms with van der Waals surface area (Å²) in [4.78, 5) is -1.11. The molecule has 0 atom stereocenters. The van der Waals surface area contributed by atoms with Crippen LogP contribution >= 0.6 is 0 Å². The van der Waals surface area contributed by atoms with Crippen molar-refractivity contribution in [3.05, 3.63) is 48.0 Å². The number of hydrogen-bond acceptors (Lipinski definition) is 8. The van der Waals surface area contributed by atoms with Crippen molar-refractivity contribution in [2.45, 2.75) is 16.7 Å². The molecule has 0 heterocycles. The first-order valence-electron chi connectivity index (χ1n) is 8.29. The largest absolute Gasteiger partial charge is 1.00 e. The first-order valence-corrected chi connectivity index (χ1v) is 11.2. The molecule has 0 aromatic heterocycles. The van der Waals surface area contributed by atoms with Gasteiger partial charge in [0.1, 0.15) is 15.5 Å². The Hall–Kier alpha value is -1.46. The number of ether oxygens (including phenoxy) is 1. The van der Waals surface area contributed by atoms with Gasteiger partial charge in [-0.25, -0.2) is 0 Å². The monoisotopic (exact) mass is 481 g/mol. The fourth-order valence-electron chi connectivity index (χ4n) is 2.90. The van der Waals surface area contributed by atoms with Crippen LogP contribution in [0.2, 0.25) is 0 Å². The second kappa shape index (κ2) is 10.6. The normalized spacial score (nSPS) is 11.8. The molecule has 0 unspecified atom stereocenters. The summed E-state index contributed by atoms with van der Waals surface area (Å²) in [6.45, 7) is 1.73. The number of hydrogen-bond donors (Lipinski definition) is 3. The predicted octanol–water partition coefficient (Wildman–Crippen LogP) is -2.34. The van der Waals surface area contributed by atoms with Crippen molar-refractivity contribution in [3.63, 3.8) is 0 Å². The van der Waals surface area contributed by atoms with Crippen LogP contribution in [-0.2, 0) is 20.2 Å². The molecule has 0 bridgehead atoms. The van der Waals surface area contributed by atoms with Crippen molar-refractivity contribution < 1.29 is 79.1 Å². The number of rotatable bonds is 5. The van der Waals surface area contributed by atoms with Crippen LogP contribution in [0.15, 0.2) is 62.5 Å². The van der Waals surface area contributed by atoms with Crippen molar-refractivity contribution in [3.8, 4) is 5.75 Å². The standard InChI is InChI=1S/C18H17N3O7S2.Li.Na/c1-10-6-14(19)16(28-2)9-15(10)21-20-11-7-13-12(18(8-11)30(25,26)27)4-3-5-17(13)29(22,23)24;;/h3-9H,19H2,1-2H3,(H,22,23,24)(H,25,26,27);;/q;2*+1. The third-order valence-corrected chi connectivity index (χ3v) is 6.09. The van der Waals surface area contributed by atoms with Crippen molar-refractivity contribution in [2.75, 3.05) is 12.8 Å². The predicted molar refractivity (Wildman–Crippen MR) is 110 cm³/mol. The fourth-order valence-corrected chi connectivity index (χ4v) is 4.32. The Bertz CT molecular complexity index is 1410. The maximum absolute atomic E-state index is 11.9. The Morgan fingerprint density at radius 3 is 2.09 bits per heavy atom. The summed E-state index contributed by atoms with van der Waals surface area (Å²) >= 11 is 0. The minimum atomic E-state index is -4.74. The number of nitrogens with two attached hydrogens (primary N) is 1. The summed E-state index contributed by atoms with van der Waals surface area (Å²) in [5.74, 6) is 0.361. The molecule has 0 amide bonds. The van der Waals surface area contributed by atoms with E-state index in [4.69, 9.17) is 10.5 Å². The SMILES string of the molecule is COc1cc(N=Nc2cc(S(=O)(=O)O)c3cccc(S(=O)(=O)O)c3c2)c(C)cc1N.[Li+].[Na+]. The van der Waals surface area contributed by atoms with Gasteiger partial charge in [0.15, 0.2) is 0 Å². The second-order valence-corrected chi connectivity index (χ2v) is 9.11. The van der Waals surface area contributed by atoms with E-state index in [0.717, 1.165) is 12.1 Å². The van der Waals surface area contributed by atoms with Crippen LogP contribution in [0.4, 0.5) is 17.1 Å². The molecular weight excluding hydrogens is 464 g/mol. The van der Waals surface area contributed by atoms with Crippen LogP contribution in [0, 0.1) is 6.92 Å². The van der Waals surface area contributed by atoms with E-state index in [1.165, 1.54) is 31.4 Å². The van der Waals surface area contributed by atoms with E-state index in [1.54, 1.807) is 13.0 Å². The average Bonchev–Trinajstić information content (AvgIpc) is 2.64. The molecule has 10 nitrogen and oxygen atoms in total. The van der Waals surface area contributed by atoms with E-state index < -0.39 is 30.0 Å². The fraction of sp³-hybridized carbons (Fsp3) is 0.111. The van der Waals surface area contributed by atoms with E-state index in [2.05, 4.69) is 10.2 Å². The molecule has 32 heavy (non-hydrogen) atoms. The van der Waals surface area contributed by atoms with Gasteiger partial charge in [-0.1, -0.05) is 12.1 Å². The summed E-state index contributed by atoms with van der Waals surface area (Å²) in [5.41, 5.74) is 7.18. The number of aryl methyl sites for hydroxylation is 1. The van der Waals surface area contributed by atoms with Gasteiger partial charge in [0, 0.05) is 16.8 Å². The van der Waals surface area contributed by atoms with Gasteiger partial charge < -0.3 is 10.5 Å². The van der Waals surface area contributed by atoms with Gasteiger partial charge >= 0.3 is 48.4 Å². The first-order chi connectivity index (χ1) is 13.9. The number of benzene rings is 3. The topological polar surface area (TPSA) is 169 Å². The van der Waals surface area contributed by atoms with Crippen LogP contribution < -0.4 is 58.9 Å². The molecule has 4 N–H and O–H groups in total.